The molecule has 0 radical (unpaired) electrons. The highest BCUT2D eigenvalue weighted by Crippen LogP contribution is 1.82. The van der Waals surface area contributed by atoms with Crippen LogP contribution in [0.4, 0.5) is 0 Å². The third kappa shape index (κ3) is 27.8. The number of amides is 2. The Morgan fingerprint density at radius 1 is 0.619 bits per heavy atom. The molecule has 2 amide bonds. The summed E-state index contributed by atoms with van der Waals surface area (Å²) in [6.07, 6.45) is 0.102. The highest BCUT2D eigenvalue weighted by Gasteiger charge is 1.96. The van der Waals surface area contributed by atoms with E-state index in [0.29, 0.717) is 13.1 Å². The zero-order valence-electron chi connectivity index (χ0n) is 12.7. The Morgan fingerprint density at radius 2 is 0.905 bits per heavy atom. The molecule has 0 atom stereocenters. The van der Waals surface area contributed by atoms with Crippen LogP contribution in [-0.2, 0) is 9.59 Å². The SMILES string of the molecule is NC(=O)CCC(N)=O.NCCNCCNCCNCCN. The fraction of sp³-hybridized carbons (Fsp3) is 0.833. The van der Waals surface area contributed by atoms with Gasteiger partial charge in [0.15, 0.2) is 0 Å². The molecule has 0 aliphatic heterocycles. The van der Waals surface area contributed by atoms with Crippen molar-refractivity contribution in [1.82, 2.24) is 16.0 Å². The molecule has 0 heterocycles. The molecule has 0 spiro atoms. The zero-order valence-corrected chi connectivity index (χ0v) is 12.7. The van der Waals surface area contributed by atoms with E-state index >= 15 is 0 Å². The van der Waals surface area contributed by atoms with Crippen molar-refractivity contribution in [1.29, 1.82) is 0 Å². The Balaban J connectivity index is 0. The maximum atomic E-state index is 9.92. The molecule has 0 unspecified atom stereocenters. The molecule has 21 heavy (non-hydrogen) atoms. The number of carbonyl (C=O) groups excluding carboxylic acids is 2. The predicted octanol–water partition coefficient (Wildman–Crippen LogP) is -3.59. The zero-order chi connectivity index (χ0) is 16.3. The van der Waals surface area contributed by atoms with E-state index < -0.39 is 11.8 Å². The number of hydrogen-bond acceptors (Lipinski definition) is 7. The largest absolute Gasteiger partial charge is 0.370 e. The van der Waals surface area contributed by atoms with Crippen molar-refractivity contribution in [2.75, 3.05) is 52.4 Å². The second-order valence-electron chi connectivity index (χ2n) is 4.26. The first-order chi connectivity index (χ1) is 10.0. The quantitative estimate of drug-likeness (QED) is 0.172. The van der Waals surface area contributed by atoms with Crippen LogP contribution in [0.25, 0.3) is 0 Å². The topological polar surface area (TPSA) is 174 Å². The fourth-order valence-electron chi connectivity index (χ4n) is 1.18. The molecule has 0 aliphatic rings. The minimum absolute atomic E-state index is 0.0509. The molecule has 0 aromatic rings. The van der Waals surface area contributed by atoms with Crippen LogP contribution in [0.2, 0.25) is 0 Å². The summed E-state index contributed by atoms with van der Waals surface area (Å²) in [4.78, 5) is 19.8. The van der Waals surface area contributed by atoms with Gasteiger partial charge in [0.25, 0.3) is 0 Å². The molecule has 0 saturated carbocycles. The average Bonchev–Trinajstić information content (AvgIpc) is 2.44. The number of carbonyl (C=O) groups is 2. The summed E-state index contributed by atoms with van der Waals surface area (Å²) in [6.45, 7) is 7.15. The predicted molar refractivity (Wildman–Crippen MR) is 84.3 cm³/mol. The van der Waals surface area contributed by atoms with Crippen LogP contribution < -0.4 is 38.9 Å². The van der Waals surface area contributed by atoms with Gasteiger partial charge in [0, 0.05) is 65.2 Å². The van der Waals surface area contributed by atoms with Crippen molar-refractivity contribution < 1.29 is 9.59 Å². The number of hydrogen-bond donors (Lipinski definition) is 7. The van der Waals surface area contributed by atoms with Gasteiger partial charge in [-0.3, -0.25) is 9.59 Å². The highest BCUT2D eigenvalue weighted by atomic mass is 16.2. The van der Waals surface area contributed by atoms with E-state index in [1.54, 1.807) is 0 Å². The van der Waals surface area contributed by atoms with E-state index in [4.69, 9.17) is 22.9 Å². The minimum Gasteiger partial charge on any atom is -0.370 e. The normalized spacial score (nSPS) is 9.81. The van der Waals surface area contributed by atoms with Crippen LogP contribution in [0.15, 0.2) is 0 Å². The molecular weight excluding hydrogens is 274 g/mol. The van der Waals surface area contributed by atoms with Crippen molar-refractivity contribution in [2.45, 2.75) is 12.8 Å². The van der Waals surface area contributed by atoms with Gasteiger partial charge in [-0.1, -0.05) is 0 Å². The Morgan fingerprint density at radius 3 is 1.14 bits per heavy atom. The lowest BCUT2D eigenvalue weighted by Gasteiger charge is -2.06. The second kappa shape index (κ2) is 18.7. The first-order valence-electron chi connectivity index (χ1n) is 7.13. The Hall–Kier alpha value is -1.26. The Kier molecular flexibility index (Phi) is 19.7. The van der Waals surface area contributed by atoms with E-state index in [0.717, 1.165) is 39.3 Å². The lowest BCUT2D eigenvalue weighted by molar-refractivity contribution is -0.123. The molecular formula is C12H31N7O2. The number of nitrogens with two attached hydrogens (primary N) is 4. The molecule has 0 rings (SSSR count). The van der Waals surface area contributed by atoms with E-state index in [1.165, 1.54) is 0 Å². The van der Waals surface area contributed by atoms with Gasteiger partial charge in [0.05, 0.1) is 0 Å². The summed E-state index contributed by atoms with van der Waals surface area (Å²) in [6, 6.07) is 0. The summed E-state index contributed by atoms with van der Waals surface area (Å²) >= 11 is 0. The third-order valence-electron chi connectivity index (χ3n) is 2.22. The van der Waals surface area contributed by atoms with Crippen molar-refractivity contribution in [3.05, 3.63) is 0 Å². The van der Waals surface area contributed by atoms with Gasteiger partial charge in [-0.15, -0.1) is 0 Å². The molecule has 11 N–H and O–H groups in total. The second-order valence-corrected chi connectivity index (χ2v) is 4.26. The third-order valence-corrected chi connectivity index (χ3v) is 2.22. The van der Waals surface area contributed by atoms with Gasteiger partial charge >= 0.3 is 0 Å². The fourth-order valence-corrected chi connectivity index (χ4v) is 1.18. The maximum Gasteiger partial charge on any atom is 0.217 e. The van der Waals surface area contributed by atoms with E-state index in [2.05, 4.69) is 16.0 Å². The number of rotatable bonds is 13. The Bertz CT molecular complexity index is 228. The lowest BCUT2D eigenvalue weighted by atomic mass is 10.3. The molecule has 0 saturated heterocycles. The molecule has 9 nitrogen and oxygen atoms in total. The van der Waals surface area contributed by atoms with Crippen molar-refractivity contribution in [3.63, 3.8) is 0 Å². The molecule has 9 heteroatoms. The van der Waals surface area contributed by atoms with Crippen molar-refractivity contribution in [2.24, 2.45) is 22.9 Å². The van der Waals surface area contributed by atoms with Gasteiger partial charge in [-0.2, -0.15) is 0 Å². The molecule has 0 aliphatic carbocycles. The van der Waals surface area contributed by atoms with Crippen LogP contribution in [0.3, 0.4) is 0 Å². The van der Waals surface area contributed by atoms with Crippen LogP contribution in [0.5, 0.6) is 0 Å². The van der Waals surface area contributed by atoms with Crippen LogP contribution in [-0.4, -0.2) is 64.2 Å². The lowest BCUT2D eigenvalue weighted by Crippen LogP contribution is -2.35. The summed E-state index contributed by atoms with van der Waals surface area (Å²) in [5.74, 6) is -0.993. The maximum absolute atomic E-state index is 9.92. The monoisotopic (exact) mass is 305 g/mol. The molecule has 126 valence electrons. The van der Waals surface area contributed by atoms with E-state index in [-0.39, 0.29) is 12.8 Å². The number of primary amides is 2. The Labute approximate surface area is 126 Å². The van der Waals surface area contributed by atoms with E-state index in [9.17, 15) is 9.59 Å². The molecule has 0 fully saturated rings. The van der Waals surface area contributed by atoms with Crippen LogP contribution in [0.1, 0.15) is 12.8 Å². The van der Waals surface area contributed by atoms with Gasteiger partial charge in [-0.25, -0.2) is 0 Å². The molecule has 0 bridgehead atoms. The first kappa shape index (κ1) is 22.0. The van der Waals surface area contributed by atoms with Gasteiger partial charge in [0.2, 0.25) is 11.8 Å². The summed E-state index contributed by atoms with van der Waals surface area (Å²) < 4.78 is 0. The summed E-state index contributed by atoms with van der Waals surface area (Å²) in [5.41, 5.74) is 20.0. The summed E-state index contributed by atoms with van der Waals surface area (Å²) in [5, 5.41) is 9.71. The minimum atomic E-state index is -0.496. The van der Waals surface area contributed by atoms with Crippen LogP contribution >= 0.6 is 0 Å². The highest BCUT2D eigenvalue weighted by molar-refractivity contribution is 5.81. The standard InChI is InChI=1S/C8H23N5.C4H8N2O2/c9-1-3-11-5-7-13-8-6-12-4-2-10;5-3(7)1-2-4(6)8/h11-13H,1-10H2;1-2H2,(H2,5,7)(H2,6,8). The molecule has 0 aromatic carbocycles. The smallest absolute Gasteiger partial charge is 0.217 e. The van der Waals surface area contributed by atoms with Crippen molar-refractivity contribution >= 4 is 11.8 Å². The number of nitrogens with one attached hydrogen (secondary N) is 3. The molecule has 0 aromatic heterocycles. The van der Waals surface area contributed by atoms with Gasteiger partial charge < -0.3 is 38.9 Å². The van der Waals surface area contributed by atoms with Crippen LogP contribution in [0, 0.1) is 0 Å². The average molecular weight is 305 g/mol. The van der Waals surface area contributed by atoms with Crippen molar-refractivity contribution in [3.8, 4) is 0 Å². The van der Waals surface area contributed by atoms with Gasteiger partial charge in [0.1, 0.15) is 0 Å². The first-order valence-corrected chi connectivity index (χ1v) is 7.13. The summed E-state index contributed by atoms with van der Waals surface area (Å²) in [7, 11) is 0. The van der Waals surface area contributed by atoms with E-state index in [1.807, 2.05) is 0 Å². The van der Waals surface area contributed by atoms with Gasteiger partial charge in [-0.05, 0) is 0 Å².